The first kappa shape index (κ1) is 27.2. The van der Waals surface area contributed by atoms with Crippen LogP contribution < -0.4 is 4.74 Å². The summed E-state index contributed by atoms with van der Waals surface area (Å²) in [7, 11) is -1.78. The number of carbonyl (C=O) groups is 1. The molecule has 4 aromatic rings. The van der Waals surface area contributed by atoms with Crippen LogP contribution in [0.4, 0.5) is 0 Å². The molecule has 0 radical (unpaired) electrons. The Kier molecular flexibility index (Phi) is 8.34. The number of rotatable bonds is 9. The maximum absolute atomic E-state index is 12.7. The van der Waals surface area contributed by atoms with E-state index in [1.807, 2.05) is 48.6 Å². The van der Waals surface area contributed by atoms with Gasteiger partial charge in [-0.15, -0.1) is 0 Å². The summed E-state index contributed by atoms with van der Waals surface area (Å²) < 4.78 is 36.4. The molecule has 0 saturated heterocycles. The van der Waals surface area contributed by atoms with Gasteiger partial charge in [0.15, 0.2) is 9.84 Å². The van der Waals surface area contributed by atoms with Gasteiger partial charge in [-0.25, -0.2) is 13.1 Å². The Bertz CT molecular complexity index is 1560. The van der Waals surface area contributed by atoms with Crippen LogP contribution in [-0.2, 0) is 25.8 Å². The van der Waals surface area contributed by atoms with E-state index in [9.17, 15) is 13.2 Å². The van der Waals surface area contributed by atoms with Gasteiger partial charge in [-0.05, 0) is 67.1 Å². The second-order valence-electron chi connectivity index (χ2n) is 8.49. The van der Waals surface area contributed by atoms with Crippen LogP contribution in [0.5, 0.6) is 5.75 Å². The van der Waals surface area contributed by atoms with Crippen molar-refractivity contribution in [3.05, 3.63) is 94.6 Å². The Labute approximate surface area is 227 Å². The Balaban J connectivity index is 1.92. The third kappa shape index (κ3) is 6.33. The average Bonchev–Trinajstić information content (AvgIpc) is 3.25. The number of hydrogen-bond donors (Lipinski definition) is 0. The summed E-state index contributed by atoms with van der Waals surface area (Å²) in [6.45, 7) is 2.00. The number of esters is 1. The molecule has 0 aliphatic carbocycles. The van der Waals surface area contributed by atoms with Crippen LogP contribution in [0.25, 0.3) is 29.1 Å². The van der Waals surface area contributed by atoms with Gasteiger partial charge in [0, 0.05) is 22.4 Å². The van der Waals surface area contributed by atoms with Gasteiger partial charge in [-0.3, -0.25) is 4.79 Å². The summed E-state index contributed by atoms with van der Waals surface area (Å²) in [6, 6.07) is 21.3. The largest absolute Gasteiger partial charge is 0.497 e. The first-order valence-corrected chi connectivity index (χ1v) is 14.1. The topological polar surface area (TPSA) is 87.5 Å². The molecule has 0 N–H and O–H groups in total. The Morgan fingerprint density at radius 1 is 0.974 bits per heavy atom. The van der Waals surface area contributed by atoms with Crippen molar-refractivity contribution < 1.29 is 22.7 Å². The molecule has 4 rings (SSSR count). The maximum Gasteiger partial charge on any atom is 0.310 e. The van der Waals surface area contributed by atoms with Gasteiger partial charge in [0.1, 0.15) is 5.75 Å². The van der Waals surface area contributed by atoms with Gasteiger partial charge in [-0.2, -0.15) is 5.10 Å². The number of aromatic nitrogens is 2. The van der Waals surface area contributed by atoms with Crippen LogP contribution in [0.15, 0.2) is 77.7 Å². The molecule has 0 fully saturated rings. The van der Waals surface area contributed by atoms with Crippen molar-refractivity contribution in [1.29, 1.82) is 0 Å². The molecule has 0 spiro atoms. The van der Waals surface area contributed by atoms with Crippen LogP contribution in [0.2, 0.25) is 5.02 Å². The van der Waals surface area contributed by atoms with Crippen molar-refractivity contribution in [3.8, 4) is 22.7 Å². The fourth-order valence-electron chi connectivity index (χ4n) is 3.95. The van der Waals surface area contributed by atoms with E-state index in [1.165, 1.54) is 0 Å². The lowest BCUT2D eigenvalue weighted by Gasteiger charge is -2.11. The highest BCUT2D eigenvalue weighted by molar-refractivity contribution is 7.90. The predicted molar refractivity (Wildman–Crippen MR) is 149 cm³/mol. The smallest absolute Gasteiger partial charge is 0.310 e. The van der Waals surface area contributed by atoms with Crippen molar-refractivity contribution in [2.24, 2.45) is 0 Å². The van der Waals surface area contributed by atoms with Gasteiger partial charge in [0.25, 0.3) is 0 Å². The maximum atomic E-state index is 12.7. The van der Waals surface area contributed by atoms with Gasteiger partial charge < -0.3 is 9.47 Å². The molecule has 0 saturated carbocycles. The minimum Gasteiger partial charge on any atom is -0.497 e. The van der Waals surface area contributed by atoms with E-state index in [4.69, 9.17) is 26.2 Å². The van der Waals surface area contributed by atoms with Crippen LogP contribution in [0, 0.1) is 0 Å². The lowest BCUT2D eigenvalue weighted by atomic mass is 10.0. The van der Waals surface area contributed by atoms with Crippen molar-refractivity contribution >= 4 is 39.6 Å². The zero-order valence-corrected chi connectivity index (χ0v) is 22.8. The fourth-order valence-corrected chi connectivity index (χ4v) is 4.70. The normalized spacial score (nSPS) is 11.6. The van der Waals surface area contributed by atoms with Crippen LogP contribution in [-0.4, -0.2) is 44.1 Å². The second-order valence-corrected chi connectivity index (χ2v) is 10.9. The van der Waals surface area contributed by atoms with Crippen molar-refractivity contribution in [3.63, 3.8) is 0 Å². The van der Waals surface area contributed by atoms with E-state index in [-0.39, 0.29) is 17.9 Å². The summed E-state index contributed by atoms with van der Waals surface area (Å²) in [4.78, 5) is 12.9. The lowest BCUT2D eigenvalue weighted by molar-refractivity contribution is -0.142. The van der Waals surface area contributed by atoms with E-state index in [0.29, 0.717) is 33.3 Å². The van der Waals surface area contributed by atoms with E-state index in [1.54, 1.807) is 55.1 Å². The number of halogens is 1. The van der Waals surface area contributed by atoms with E-state index < -0.39 is 15.8 Å². The number of benzene rings is 3. The Hall–Kier alpha value is -3.88. The zero-order chi connectivity index (χ0) is 27.3. The standard InChI is InChI=1S/C29H27ClN2O5S/c1-4-37-28(33)19-26-27(18-7-20-5-10-22(30)11-6-20)31-32(23-12-14-24(36-2)15-13-23)29(26)21-8-16-25(17-9-21)38(3,34)35/h5-18H,4,19H2,1-3H3/b18-7+. The second kappa shape index (κ2) is 11.7. The molecule has 9 heteroatoms. The highest BCUT2D eigenvalue weighted by Crippen LogP contribution is 2.32. The molecular formula is C29H27ClN2O5S. The third-order valence-electron chi connectivity index (χ3n) is 5.82. The minimum atomic E-state index is -3.38. The molecule has 196 valence electrons. The molecule has 0 amide bonds. The zero-order valence-electron chi connectivity index (χ0n) is 21.2. The minimum absolute atomic E-state index is 0.0204. The molecule has 1 heterocycles. The number of carbonyl (C=O) groups excluding carboxylic acids is 1. The third-order valence-corrected chi connectivity index (χ3v) is 7.20. The predicted octanol–water partition coefficient (Wildman–Crippen LogP) is 5.88. The van der Waals surface area contributed by atoms with Gasteiger partial charge in [0.2, 0.25) is 0 Å². The summed E-state index contributed by atoms with van der Waals surface area (Å²) in [5, 5.41) is 5.50. The summed E-state index contributed by atoms with van der Waals surface area (Å²) in [6.07, 6.45) is 4.87. The molecule has 0 aliphatic heterocycles. The summed E-state index contributed by atoms with van der Waals surface area (Å²) in [5.41, 5.74) is 4.23. The first-order chi connectivity index (χ1) is 18.2. The number of ether oxygens (including phenoxy) is 2. The molecule has 3 aromatic carbocycles. The van der Waals surface area contributed by atoms with E-state index in [0.717, 1.165) is 17.5 Å². The van der Waals surface area contributed by atoms with Crippen molar-refractivity contribution in [2.45, 2.75) is 18.2 Å². The van der Waals surface area contributed by atoms with Crippen molar-refractivity contribution in [2.75, 3.05) is 20.0 Å². The fraction of sp³-hybridized carbons (Fsp3) is 0.172. The molecule has 0 atom stereocenters. The number of nitrogens with zero attached hydrogens (tertiary/aromatic N) is 2. The van der Waals surface area contributed by atoms with Crippen LogP contribution in [0.1, 0.15) is 23.7 Å². The van der Waals surface area contributed by atoms with Gasteiger partial charge in [0.05, 0.1) is 42.1 Å². The highest BCUT2D eigenvalue weighted by Gasteiger charge is 2.22. The number of methoxy groups -OCH3 is 1. The Morgan fingerprint density at radius 2 is 1.63 bits per heavy atom. The molecule has 38 heavy (non-hydrogen) atoms. The Morgan fingerprint density at radius 3 is 2.21 bits per heavy atom. The van der Waals surface area contributed by atoms with Crippen LogP contribution in [0.3, 0.4) is 0 Å². The number of sulfone groups is 1. The highest BCUT2D eigenvalue weighted by atomic mass is 35.5. The van der Waals surface area contributed by atoms with E-state index >= 15 is 0 Å². The summed E-state index contributed by atoms with van der Waals surface area (Å²) in [5.74, 6) is 0.298. The monoisotopic (exact) mass is 550 g/mol. The van der Waals surface area contributed by atoms with Crippen molar-refractivity contribution in [1.82, 2.24) is 9.78 Å². The lowest BCUT2D eigenvalue weighted by Crippen LogP contribution is -2.09. The SMILES string of the molecule is CCOC(=O)Cc1c(/C=C/c2ccc(Cl)cc2)nn(-c2ccc(OC)cc2)c1-c1ccc(S(C)(=O)=O)cc1. The average molecular weight is 551 g/mol. The van der Waals surface area contributed by atoms with Gasteiger partial charge in [-0.1, -0.05) is 41.9 Å². The quantitative estimate of drug-likeness (QED) is 0.242. The molecule has 0 bridgehead atoms. The first-order valence-electron chi connectivity index (χ1n) is 11.9. The number of hydrogen-bond acceptors (Lipinski definition) is 6. The molecule has 0 aliphatic rings. The van der Waals surface area contributed by atoms with Gasteiger partial charge >= 0.3 is 5.97 Å². The molecule has 0 unspecified atom stereocenters. The molecule has 1 aromatic heterocycles. The van der Waals surface area contributed by atoms with E-state index in [2.05, 4.69) is 0 Å². The molecular weight excluding hydrogens is 524 g/mol. The molecule has 7 nitrogen and oxygen atoms in total. The van der Waals surface area contributed by atoms with Crippen LogP contribution >= 0.6 is 11.6 Å². The summed E-state index contributed by atoms with van der Waals surface area (Å²) >= 11 is 6.02.